The molecule has 0 aliphatic rings. The Balaban J connectivity index is 2.38. The molecule has 0 unspecified atom stereocenters. The van der Waals surface area contributed by atoms with Crippen LogP contribution in [-0.2, 0) is 0 Å². The molecule has 1 aromatic heterocycles. The van der Waals surface area contributed by atoms with Crippen LogP contribution in [0.3, 0.4) is 0 Å². The lowest BCUT2D eigenvalue weighted by Gasteiger charge is -2.03. The third-order valence-corrected chi connectivity index (χ3v) is 2.38. The molecule has 90 valence electrons. The number of methoxy groups -OCH3 is 1. The number of rotatable bonds is 3. The highest BCUT2D eigenvalue weighted by Crippen LogP contribution is 2.31. The summed E-state index contributed by atoms with van der Waals surface area (Å²) in [4.78, 5) is 4.27. The van der Waals surface area contributed by atoms with E-state index in [-0.39, 0.29) is 11.7 Å². The van der Waals surface area contributed by atoms with Crippen molar-refractivity contribution in [2.75, 3.05) is 7.11 Å². The number of phenolic OH excluding ortho intramolecular Hbond substituents is 1. The minimum absolute atomic E-state index is 0.0832. The fraction of sp³-hybridized carbons (Fsp3) is 0.333. The minimum atomic E-state index is 0.0832. The van der Waals surface area contributed by atoms with Gasteiger partial charge in [-0.1, -0.05) is 19.0 Å². The molecule has 17 heavy (non-hydrogen) atoms. The van der Waals surface area contributed by atoms with E-state index >= 15 is 0 Å². The van der Waals surface area contributed by atoms with Crippen LogP contribution in [0, 0.1) is 0 Å². The molecule has 0 aliphatic heterocycles. The molecule has 0 spiro atoms. The Kier molecular flexibility index (Phi) is 2.99. The summed E-state index contributed by atoms with van der Waals surface area (Å²) in [6.07, 6.45) is 0. The smallest absolute Gasteiger partial charge is 0.258 e. The van der Waals surface area contributed by atoms with Crippen LogP contribution in [0.2, 0.25) is 0 Å². The van der Waals surface area contributed by atoms with Gasteiger partial charge < -0.3 is 14.4 Å². The van der Waals surface area contributed by atoms with Crippen molar-refractivity contribution in [3.8, 4) is 23.0 Å². The van der Waals surface area contributed by atoms with Crippen LogP contribution in [-0.4, -0.2) is 22.4 Å². The van der Waals surface area contributed by atoms with Crippen LogP contribution >= 0.6 is 0 Å². The molecule has 1 heterocycles. The van der Waals surface area contributed by atoms with Crippen molar-refractivity contribution < 1.29 is 14.4 Å². The lowest BCUT2D eigenvalue weighted by molar-refractivity contribution is 0.373. The van der Waals surface area contributed by atoms with Crippen LogP contribution < -0.4 is 4.74 Å². The van der Waals surface area contributed by atoms with Gasteiger partial charge in [-0.3, -0.25) is 0 Å². The molecule has 0 amide bonds. The van der Waals surface area contributed by atoms with Crippen LogP contribution in [0.4, 0.5) is 0 Å². The molecule has 0 saturated carbocycles. The lowest BCUT2D eigenvalue weighted by Crippen LogP contribution is -1.89. The van der Waals surface area contributed by atoms with E-state index in [2.05, 4.69) is 10.1 Å². The van der Waals surface area contributed by atoms with Gasteiger partial charge >= 0.3 is 0 Å². The second kappa shape index (κ2) is 4.45. The Hall–Kier alpha value is -2.04. The van der Waals surface area contributed by atoms with E-state index in [4.69, 9.17) is 9.26 Å². The summed E-state index contributed by atoms with van der Waals surface area (Å²) < 4.78 is 10.2. The Morgan fingerprint density at radius 2 is 2.12 bits per heavy atom. The third-order valence-electron chi connectivity index (χ3n) is 2.38. The van der Waals surface area contributed by atoms with E-state index in [9.17, 15) is 5.11 Å². The molecule has 0 radical (unpaired) electrons. The average molecular weight is 234 g/mol. The molecule has 1 N–H and O–H groups in total. The molecule has 0 aliphatic carbocycles. The molecule has 2 aromatic rings. The van der Waals surface area contributed by atoms with Crippen LogP contribution in [0.25, 0.3) is 11.5 Å². The van der Waals surface area contributed by atoms with E-state index in [1.54, 1.807) is 12.1 Å². The first-order valence-electron chi connectivity index (χ1n) is 5.32. The normalized spacial score (nSPS) is 10.8. The third kappa shape index (κ3) is 2.22. The van der Waals surface area contributed by atoms with Crippen molar-refractivity contribution in [3.05, 3.63) is 24.0 Å². The highest BCUT2D eigenvalue weighted by molar-refractivity contribution is 5.59. The molecular formula is C12H14N2O3. The van der Waals surface area contributed by atoms with Crippen molar-refractivity contribution >= 4 is 0 Å². The quantitative estimate of drug-likeness (QED) is 0.883. The van der Waals surface area contributed by atoms with Gasteiger partial charge in [0.05, 0.1) is 7.11 Å². The second-order valence-electron chi connectivity index (χ2n) is 4.00. The van der Waals surface area contributed by atoms with Gasteiger partial charge in [0.25, 0.3) is 5.89 Å². The second-order valence-corrected chi connectivity index (χ2v) is 4.00. The number of phenols is 1. The van der Waals surface area contributed by atoms with Gasteiger partial charge in [-0.05, 0) is 18.2 Å². The van der Waals surface area contributed by atoms with Crippen molar-refractivity contribution in [1.82, 2.24) is 10.1 Å². The van der Waals surface area contributed by atoms with Gasteiger partial charge in [0.2, 0.25) is 0 Å². The lowest BCUT2D eigenvalue weighted by atomic mass is 10.2. The predicted molar refractivity (Wildman–Crippen MR) is 62.0 cm³/mol. The topological polar surface area (TPSA) is 68.4 Å². The van der Waals surface area contributed by atoms with Crippen molar-refractivity contribution in [3.63, 3.8) is 0 Å². The maximum absolute atomic E-state index is 9.48. The fourth-order valence-corrected chi connectivity index (χ4v) is 1.40. The highest BCUT2D eigenvalue weighted by Gasteiger charge is 2.13. The summed E-state index contributed by atoms with van der Waals surface area (Å²) in [5.41, 5.74) is 0.721. The zero-order valence-corrected chi connectivity index (χ0v) is 9.97. The molecule has 5 heteroatoms. The summed E-state index contributed by atoms with van der Waals surface area (Å²) in [6, 6.07) is 4.90. The minimum Gasteiger partial charge on any atom is -0.504 e. The molecule has 5 nitrogen and oxygen atoms in total. The van der Waals surface area contributed by atoms with Crippen molar-refractivity contribution in [2.45, 2.75) is 19.8 Å². The van der Waals surface area contributed by atoms with Crippen molar-refractivity contribution in [1.29, 1.82) is 0 Å². The molecule has 0 bridgehead atoms. The zero-order chi connectivity index (χ0) is 12.4. The number of ether oxygens (including phenoxy) is 1. The van der Waals surface area contributed by atoms with E-state index < -0.39 is 0 Å². The standard InChI is InChI=1S/C12H14N2O3/c1-7(2)11-13-12(17-14-11)8-4-5-9(15)10(6-8)16-3/h4-7,15H,1-3H3. The van der Waals surface area contributed by atoms with E-state index in [0.717, 1.165) is 5.56 Å². The SMILES string of the molecule is COc1cc(-c2nc(C(C)C)no2)ccc1O. The monoisotopic (exact) mass is 234 g/mol. The van der Waals surface area contributed by atoms with Crippen molar-refractivity contribution in [2.24, 2.45) is 0 Å². The molecule has 1 aromatic carbocycles. The van der Waals surface area contributed by atoms with Gasteiger partial charge in [0.15, 0.2) is 17.3 Å². The largest absolute Gasteiger partial charge is 0.504 e. The number of hydrogen-bond acceptors (Lipinski definition) is 5. The first kappa shape index (κ1) is 11.4. The fourth-order valence-electron chi connectivity index (χ4n) is 1.40. The summed E-state index contributed by atoms with van der Waals surface area (Å²) in [6.45, 7) is 3.98. The van der Waals surface area contributed by atoms with Crippen LogP contribution in [0.1, 0.15) is 25.6 Å². The maximum atomic E-state index is 9.48. The number of benzene rings is 1. The zero-order valence-electron chi connectivity index (χ0n) is 9.97. The van der Waals surface area contributed by atoms with Gasteiger partial charge in [0, 0.05) is 11.5 Å². The van der Waals surface area contributed by atoms with E-state index in [0.29, 0.717) is 17.5 Å². The van der Waals surface area contributed by atoms with Gasteiger partial charge in [-0.25, -0.2) is 0 Å². The van der Waals surface area contributed by atoms with Crippen LogP contribution in [0.5, 0.6) is 11.5 Å². The molecule has 2 rings (SSSR count). The summed E-state index contributed by atoms with van der Waals surface area (Å²) in [5.74, 6) is 1.76. The van der Waals surface area contributed by atoms with E-state index in [1.807, 2.05) is 13.8 Å². The van der Waals surface area contributed by atoms with Crippen LogP contribution in [0.15, 0.2) is 22.7 Å². The van der Waals surface area contributed by atoms with Gasteiger partial charge in [-0.2, -0.15) is 4.98 Å². The number of nitrogens with zero attached hydrogens (tertiary/aromatic N) is 2. The first-order chi connectivity index (χ1) is 8.11. The van der Waals surface area contributed by atoms with Gasteiger partial charge in [0.1, 0.15) is 0 Å². The molecule has 0 saturated heterocycles. The average Bonchev–Trinajstić information content (AvgIpc) is 2.79. The van der Waals surface area contributed by atoms with E-state index in [1.165, 1.54) is 13.2 Å². The summed E-state index contributed by atoms with van der Waals surface area (Å²) in [5, 5.41) is 13.4. The Morgan fingerprint density at radius 1 is 1.35 bits per heavy atom. The number of aromatic nitrogens is 2. The highest BCUT2D eigenvalue weighted by atomic mass is 16.5. The Morgan fingerprint density at radius 3 is 2.71 bits per heavy atom. The molecule has 0 atom stereocenters. The summed E-state index contributed by atoms with van der Waals surface area (Å²) >= 11 is 0. The molecule has 0 fully saturated rings. The summed E-state index contributed by atoms with van der Waals surface area (Å²) in [7, 11) is 1.49. The number of hydrogen-bond donors (Lipinski definition) is 1. The molecular weight excluding hydrogens is 220 g/mol. The predicted octanol–water partition coefficient (Wildman–Crippen LogP) is 2.57. The Labute approximate surface area is 99.0 Å². The Bertz CT molecular complexity index is 520. The first-order valence-corrected chi connectivity index (χ1v) is 5.32. The van der Waals surface area contributed by atoms with Gasteiger partial charge in [-0.15, -0.1) is 0 Å². The number of aromatic hydroxyl groups is 1. The maximum Gasteiger partial charge on any atom is 0.258 e.